The van der Waals surface area contributed by atoms with E-state index in [1.165, 1.54) is 5.57 Å². The number of nitrogens with zero attached hydrogens (tertiary/aromatic N) is 1. The molecule has 4 aliphatic rings. The van der Waals surface area contributed by atoms with Gasteiger partial charge in [0.1, 0.15) is 0 Å². The second kappa shape index (κ2) is 5.04. The Morgan fingerprint density at radius 2 is 1.91 bits per heavy atom. The molecule has 23 heavy (non-hydrogen) atoms. The summed E-state index contributed by atoms with van der Waals surface area (Å²) in [5.41, 5.74) is 1.86. The zero-order chi connectivity index (χ0) is 16.4. The summed E-state index contributed by atoms with van der Waals surface area (Å²) in [5.74, 6) is -0.399. The van der Waals surface area contributed by atoms with E-state index in [2.05, 4.69) is 20.8 Å². The van der Waals surface area contributed by atoms with Crippen molar-refractivity contribution in [3.05, 3.63) is 11.1 Å². The summed E-state index contributed by atoms with van der Waals surface area (Å²) in [6, 6.07) is 0.221. The van der Waals surface area contributed by atoms with Crippen molar-refractivity contribution in [1.82, 2.24) is 4.90 Å². The first-order valence-corrected chi connectivity index (χ1v) is 8.87. The van der Waals surface area contributed by atoms with Crippen LogP contribution in [0.2, 0.25) is 0 Å². The molecule has 1 N–H and O–H groups in total. The van der Waals surface area contributed by atoms with Crippen molar-refractivity contribution in [2.24, 2.45) is 5.41 Å². The molecule has 3 atom stereocenters. The third kappa shape index (κ3) is 2.06. The van der Waals surface area contributed by atoms with Crippen LogP contribution in [0.4, 0.5) is 0 Å². The molecule has 4 rings (SSSR count). The van der Waals surface area contributed by atoms with E-state index in [0.29, 0.717) is 26.1 Å². The van der Waals surface area contributed by atoms with Crippen molar-refractivity contribution in [2.45, 2.75) is 76.9 Å². The highest BCUT2D eigenvalue weighted by Gasteiger charge is 2.57. The van der Waals surface area contributed by atoms with Crippen LogP contribution < -0.4 is 0 Å². The molecule has 1 spiro atoms. The van der Waals surface area contributed by atoms with Crippen LogP contribution in [0, 0.1) is 5.41 Å². The molecule has 0 saturated carbocycles. The van der Waals surface area contributed by atoms with Crippen LogP contribution in [0.25, 0.3) is 0 Å². The molecule has 5 nitrogen and oxygen atoms in total. The molecule has 0 bridgehead atoms. The Labute approximate surface area is 137 Å². The summed E-state index contributed by atoms with van der Waals surface area (Å²) in [5, 5.41) is 10.1. The van der Waals surface area contributed by atoms with Crippen LogP contribution in [-0.2, 0) is 14.3 Å². The summed E-state index contributed by atoms with van der Waals surface area (Å²) in [6.45, 7) is 7.62. The number of carbonyl (C=O) groups is 1. The highest BCUT2D eigenvalue weighted by atomic mass is 16.7. The van der Waals surface area contributed by atoms with Gasteiger partial charge in [-0.05, 0) is 38.2 Å². The molecule has 0 aromatic carbocycles. The molecule has 2 saturated heterocycles. The van der Waals surface area contributed by atoms with Crippen molar-refractivity contribution < 1.29 is 19.4 Å². The fourth-order valence-electron chi connectivity index (χ4n) is 5.26. The van der Waals surface area contributed by atoms with Gasteiger partial charge in [-0.25, -0.2) is 0 Å². The number of amides is 1. The van der Waals surface area contributed by atoms with Gasteiger partial charge < -0.3 is 19.5 Å². The molecule has 0 radical (unpaired) electrons. The largest absolute Gasteiger partial charge is 0.393 e. The molecule has 0 unspecified atom stereocenters. The maximum absolute atomic E-state index is 13.1. The topological polar surface area (TPSA) is 59.0 Å². The fourth-order valence-corrected chi connectivity index (χ4v) is 5.26. The maximum Gasteiger partial charge on any atom is 0.250 e. The molecule has 0 aromatic heterocycles. The van der Waals surface area contributed by atoms with Gasteiger partial charge >= 0.3 is 0 Å². The number of carbonyl (C=O) groups excluding carboxylic acids is 1. The average molecular weight is 321 g/mol. The number of aliphatic hydroxyl groups is 1. The zero-order valence-corrected chi connectivity index (χ0v) is 14.3. The second-order valence-corrected chi connectivity index (χ2v) is 8.08. The van der Waals surface area contributed by atoms with Gasteiger partial charge in [0.25, 0.3) is 0 Å². The Kier molecular flexibility index (Phi) is 3.42. The number of aliphatic hydroxyl groups excluding tert-OH is 1. The van der Waals surface area contributed by atoms with Gasteiger partial charge in [0.05, 0.1) is 19.3 Å². The lowest BCUT2D eigenvalue weighted by atomic mass is 9.63. The summed E-state index contributed by atoms with van der Waals surface area (Å²) >= 11 is 0. The SMILES string of the molecule is C[C@H]1C[C@@H](O)C[C@@H]2CC3=C(CCC4(OCCO4)C3(C)C)C(=O)N21. The second-order valence-electron chi connectivity index (χ2n) is 8.08. The molecule has 3 heterocycles. The number of fused-ring (bicyclic) bond motifs is 1. The van der Waals surface area contributed by atoms with Crippen LogP contribution in [0.1, 0.15) is 52.9 Å². The highest BCUT2D eigenvalue weighted by Crippen LogP contribution is 2.55. The molecule has 2 fully saturated rings. The predicted octanol–water partition coefficient (Wildman–Crippen LogP) is 1.99. The first kappa shape index (κ1) is 15.6. The Balaban J connectivity index is 1.74. The average Bonchev–Trinajstić information content (AvgIpc) is 2.94. The molecule has 128 valence electrons. The van der Waals surface area contributed by atoms with E-state index >= 15 is 0 Å². The standard InChI is InChI=1S/C18H27NO4/c1-11-8-13(20)9-12-10-15-14(16(21)19(11)12)4-5-18(17(15,2)3)22-6-7-23-18/h11-13,20H,4-10H2,1-3H3/t11-,12+,13+/m0/s1. The molecule has 1 amide bonds. The summed E-state index contributed by atoms with van der Waals surface area (Å²) in [6.07, 6.45) is 3.38. The third-order valence-electron chi connectivity index (χ3n) is 6.49. The van der Waals surface area contributed by atoms with E-state index < -0.39 is 5.79 Å². The Hall–Kier alpha value is -0.910. The number of piperidine rings is 1. The van der Waals surface area contributed by atoms with Gasteiger partial charge in [0.15, 0.2) is 5.79 Å². The van der Waals surface area contributed by atoms with Gasteiger partial charge in [0.2, 0.25) is 5.91 Å². The quantitative estimate of drug-likeness (QED) is 0.741. The molecule has 0 aromatic rings. The monoisotopic (exact) mass is 321 g/mol. The van der Waals surface area contributed by atoms with E-state index in [1.54, 1.807) is 0 Å². The number of ether oxygens (including phenoxy) is 2. The summed E-state index contributed by atoms with van der Waals surface area (Å²) in [4.78, 5) is 15.1. The van der Waals surface area contributed by atoms with Crippen LogP contribution in [0.15, 0.2) is 11.1 Å². The zero-order valence-electron chi connectivity index (χ0n) is 14.3. The van der Waals surface area contributed by atoms with Crippen molar-refractivity contribution >= 4 is 5.91 Å². The maximum atomic E-state index is 13.1. The first-order chi connectivity index (χ1) is 10.9. The smallest absolute Gasteiger partial charge is 0.250 e. The predicted molar refractivity (Wildman–Crippen MR) is 84.6 cm³/mol. The van der Waals surface area contributed by atoms with Crippen molar-refractivity contribution in [3.63, 3.8) is 0 Å². The van der Waals surface area contributed by atoms with Crippen molar-refractivity contribution in [3.8, 4) is 0 Å². The van der Waals surface area contributed by atoms with Crippen molar-refractivity contribution in [1.29, 1.82) is 0 Å². The van der Waals surface area contributed by atoms with Crippen LogP contribution >= 0.6 is 0 Å². The van der Waals surface area contributed by atoms with Crippen LogP contribution in [0.3, 0.4) is 0 Å². The third-order valence-corrected chi connectivity index (χ3v) is 6.49. The minimum atomic E-state index is -0.576. The van der Waals surface area contributed by atoms with E-state index in [9.17, 15) is 9.90 Å². The molecule has 3 aliphatic heterocycles. The van der Waals surface area contributed by atoms with Crippen LogP contribution in [-0.4, -0.2) is 53.1 Å². The Morgan fingerprint density at radius 1 is 1.22 bits per heavy atom. The van der Waals surface area contributed by atoms with Gasteiger partial charge in [-0.1, -0.05) is 13.8 Å². The Morgan fingerprint density at radius 3 is 2.61 bits per heavy atom. The lowest BCUT2D eigenvalue weighted by Crippen LogP contribution is -2.59. The van der Waals surface area contributed by atoms with E-state index in [-0.39, 0.29) is 29.5 Å². The molecular formula is C18H27NO4. The van der Waals surface area contributed by atoms with E-state index in [1.807, 2.05) is 4.90 Å². The van der Waals surface area contributed by atoms with Gasteiger partial charge in [-0.3, -0.25) is 4.79 Å². The van der Waals surface area contributed by atoms with E-state index in [4.69, 9.17) is 9.47 Å². The number of hydrogen-bond donors (Lipinski definition) is 1. The summed E-state index contributed by atoms with van der Waals surface area (Å²) < 4.78 is 12.1. The minimum absolute atomic E-state index is 0.107. The molecule has 1 aliphatic carbocycles. The van der Waals surface area contributed by atoms with Crippen molar-refractivity contribution in [2.75, 3.05) is 13.2 Å². The minimum Gasteiger partial charge on any atom is -0.393 e. The lowest BCUT2D eigenvalue weighted by Gasteiger charge is -2.54. The first-order valence-electron chi connectivity index (χ1n) is 8.87. The van der Waals surface area contributed by atoms with Gasteiger partial charge in [0, 0.05) is 29.5 Å². The summed E-state index contributed by atoms with van der Waals surface area (Å²) in [7, 11) is 0. The normalized spacial score (nSPS) is 38.7. The fraction of sp³-hybridized carbons (Fsp3) is 0.833. The number of hydrogen-bond acceptors (Lipinski definition) is 4. The molecule has 5 heteroatoms. The Bertz CT molecular complexity index is 561. The highest BCUT2D eigenvalue weighted by molar-refractivity contribution is 5.96. The van der Waals surface area contributed by atoms with Gasteiger partial charge in [-0.15, -0.1) is 0 Å². The van der Waals surface area contributed by atoms with Gasteiger partial charge in [-0.2, -0.15) is 0 Å². The molecular weight excluding hydrogens is 294 g/mol. The number of rotatable bonds is 0. The van der Waals surface area contributed by atoms with E-state index in [0.717, 1.165) is 24.8 Å². The van der Waals surface area contributed by atoms with Crippen LogP contribution in [0.5, 0.6) is 0 Å². The lowest BCUT2D eigenvalue weighted by molar-refractivity contribution is -0.226.